The molecule has 0 fully saturated rings. The smallest absolute Gasteiger partial charge is 0.266 e. The number of hydrogen-bond donors (Lipinski definition) is 2. The van der Waals surface area contributed by atoms with E-state index >= 15 is 0 Å². The maximum absolute atomic E-state index is 12.6. The highest BCUT2D eigenvalue weighted by molar-refractivity contribution is 9.10. The van der Waals surface area contributed by atoms with E-state index in [1.807, 2.05) is 24.3 Å². The lowest BCUT2D eigenvalue weighted by atomic mass is 10.1. The first-order valence-corrected chi connectivity index (χ1v) is 11.5. The zero-order valence-electron chi connectivity index (χ0n) is 18.8. The summed E-state index contributed by atoms with van der Waals surface area (Å²) in [5, 5.41) is 23.9. The Hall–Kier alpha value is -4.28. The van der Waals surface area contributed by atoms with Gasteiger partial charge in [-0.05, 0) is 70.4 Å². The van der Waals surface area contributed by atoms with E-state index in [9.17, 15) is 15.2 Å². The van der Waals surface area contributed by atoms with Gasteiger partial charge in [0.15, 0.2) is 11.5 Å². The maximum Gasteiger partial charge on any atom is 0.266 e. The molecule has 0 bridgehead atoms. The molecule has 0 aliphatic rings. The van der Waals surface area contributed by atoms with Crippen molar-refractivity contribution in [1.29, 1.82) is 5.26 Å². The van der Waals surface area contributed by atoms with Gasteiger partial charge in [0.05, 0.1) is 7.11 Å². The number of carbonyl (C=O) groups excluding carboxylic acids is 1. The van der Waals surface area contributed by atoms with Gasteiger partial charge >= 0.3 is 0 Å². The summed E-state index contributed by atoms with van der Waals surface area (Å²) < 4.78 is 12.2. The number of rotatable bonds is 7. The van der Waals surface area contributed by atoms with E-state index in [4.69, 9.17) is 9.47 Å². The summed E-state index contributed by atoms with van der Waals surface area (Å²) in [4.78, 5) is 12.6. The number of phenols is 1. The van der Waals surface area contributed by atoms with Gasteiger partial charge in [0.2, 0.25) is 0 Å². The zero-order valence-corrected chi connectivity index (χ0v) is 20.4. The Bertz CT molecular complexity index is 1460. The molecule has 2 N–H and O–H groups in total. The molecule has 0 aliphatic heterocycles. The monoisotopic (exact) mass is 528 g/mol. The Morgan fingerprint density at radius 1 is 1.03 bits per heavy atom. The van der Waals surface area contributed by atoms with Gasteiger partial charge in [0, 0.05) is 10.2 Å². The number of aromatic hydroxyl groups is 1. The third-order valence-electron chi connectivity index (χ3n) is 5.28. The number of anilines is 1. The van der Waals surface area contributed by atoms with E-state index in [-0.39, 0.29) is 11.3 Å². The third-order valence-corrected chi connectivity index (χ3v) is 5.97. The highest BCUT2D eigenvalue weighted by Gasteiger charge is 2.14. The van der Waals surface area contributed by atoms with Crippen LogP contribution >= 0.6 is 15.9 Å². The molecule has 174 valence electrons. The van der Waals surface area contributed by atoms with Crippen LogP contribution in [0.1, 0.15) is 11.1 Å². The van der Waals surface area contributed by atoms with Crippen LogP contribution in [-0.4, -0.2) is 18.1 Å². The van der Waals surface area contributed by atoms with Crippen molar-refractivity contribution < 1.29 is 19.4 Å². The molecular weight excluding hydrogens is 508 g/mol. The van der Waals surface area contributed by atoms with Crippen molar-refractivity contribution in [2.45, 2.75) is 6.61 Å². The molecule has 4 rings (SSSR count). The lowest BCUT2D eigenvalue weighted by Crippen LogP contribution is -2.13. The highest BCUT2D eigenvalue weighted by Crippen LogP contribution is 2.35. The molecule has 0 aliphatic carbocycles. The molecule has 35 heavy (non-hydrogen) atoms. The minimum atomic E-state index is -0.569. The topological polar surface area (TPSA) is 91.6 Å². The molecule has 6 nitrogen and oxygen atoms in total. The van der Waals surface area contributed by atoms with Gasteiger partial charge in [-0.25, -0.2) is 0 Å². The second kappa shape index (κ2) is 10.8. The van der Waals surface area contributed by atoms with Gasteiger partial charge in [0.25, 0.3) is 5.91 Å². The Kier molecular flexibility index (Phi) is 7.34. The number of methoxy groups -OCH3 is 1. The Morgan fingerprint density at radius 3 is 2.49 bits per heavy atom. The molecule has 4 aromatic rings. The summed E-state index contributed by atoms with van der Waals surface area (Å²) in [6, 6.07) is 25.6. The van der Waals surface area contributed by atoms with E-state index in [0.717, 1.165) is 16.3 Å². The van der Waals surface area contributed by atoms with Crippen molar-refractivity contribution in [1.82, 2.24) is 0 Å². The number of phenolic OH excluding ortho intramolecular Hbond substituents is 1. The van der Waals surface area contributed by atoms with Crippen LogP contribution in [0.5, 0.6) is 17.2 Å². The number of carbonyl (C=O) groups is 1. The van der Waals surface area contributed by atoms with Crippen molar-refractivity contribution in [3.63, 3.8) is 0 Å². The Morgan fingerprint density at radius 2 is 1.77 bits per heavy atom. The fourth-order valence-corrected chi connectivity index (χ4v) is 3.91. The first-order valence-electron chi connectivity index (χ1n) is 10.7. The van der Waals surface area contributed by atoms with Crippen LogP contribution in [0, 0.1) is 11.3 Å². The standard InChI is InChI=1S/C28H21BrN2O4/c1-34-26-14-21(13-22(16-30)28(33)31-23-8-10-24(32)11-9-23)25(29)15-27(26)35-17-18-6-7-19-4-2-3-5-20(19)12-18/h2-15,32H,17H2,1H3,(H,31,33)/b22-13+. The minimum absolute atomic E-state index is 0.0815. The maximum atomic E-state index is 12.6. The fourth-order valence-electron chi connectivity index (χ4n) is 3.47. The molecule has 1 amide bonds. The summed E-state index contributed by atoms with van der Waals surface area (Å²) in [6.07, 6.45) is 1.47. The molecule has 0 heterocycles. The third kappa shape index (κ3) is 5.81. The van der Waals surface area contributed by atoms with Crippen molar-refractivity contribution >= 4 is 44.4 Å². The first-order chi connectivity index (χ1) is 17.0. The fraction of sp³-hybridized carbons (Fsp3) is 0.0714. The van der Waals surface area contributed by atoms with Crippen molar-refractivity contribution in [2.75, 3.05) is 12.4 Å². The molecule has 4 aromatic carbocycles. The highest BCUT2D eigenvalue weighted by atomic mass is 79.9. The van der Waals surface area contributed by atoms with Crippen molar-refractivity contribution in [2.24, 2.45) is 0 Å². The number of nitrogens with zero attached hydrogens (tertiary/aromatic N) is 1. The Labute approximate surface area is 211 Å². The van der Waals surface area contributed by atoms with Gasteiger partial charge in [-0.15, -0.1) is 0 Å². The van der Waals surface area contributed by atoms with Gasteiger partial charge in [-0.2, -0.15) is 5.26 Å². The van der Waals surface area contributed by atoms with Gasteiger partial charge < -0.3 is 19.9 Å². The molecule has 0 saturated carbocycles. The van der Waals surface area contributed by atoms with Crippen molar-refractivity contribution in [3.8, 4) is 23.3 Å². The summed E-state index contributed by atoms with van der Waals surface area (Å²) >= 11 is 3.50. The molecule has 0 unspecified atom stereocenters. The number of ether oxygens (including phenoxy) is 2. The average Bonchev–Trinajstić information content (AvgIpc) is 2.88. The normalized spacial score (nSPS) is 11.1. The number of fused-ring (bicyclic) bond motifs is 1. The molecule has 0 aromatic heterocycles. The van der Waals surface area contributed by atoms with Crippen LogP contribution in [0.3, 0.4) is 0 Å². The molecule has 0 spiro atoms. The largest absolute Gasteiger partial charge is 0.508 e. The van der Waals surface area contributed by atoms with Crippen LogP contribution in [0.2, 0.25) is 0 Å². The number of benzene rings is 4. The van der Waals surface area contributed by atoms with E-state index in [1.165, 1.54) is 25.3 Å². The number of hydrogen-bond acceptors (Lipinski definition) is 5. The van der Waals surface area contributed by atoms with E-state index in [0.29, 0.717) is 33.8 Å². The Balaban J connectivity index is 1.53. The van der Waals surface area contributed by atoms with Crippen LogP contribution in [0.15, 0.2) is 88.9 Å². The van der Waals surface area contributed by atoms with Crippen LogP contribution in [0.25, 0.3) is 16.8 Å². The van der Waals surface area contributed by atoms with Crippen LogP contribution in [0.4, 0.5) is 5.69 Å². The molecular formula is C28H21BrN2O4. The van der Waals surface area contributed by atoms with Gasteiger partial charge in [0.1, 0.15) is 24.0 Å². The molecule has 0 saturated heterocycles. The molecule has 0 atom stereocenters. The lowest BCUT2D eigenvalue weighted by Gasteiger charge is -2.13. The summed E-state index contributed by atoms with van der Waals surface area (Å²) in [6.45, 7) is 0.349. The summed E-state index contributed by atoms with van der Waals surface area (Å²) in [5.41, 5.74) is 1.97. The molecule has 7 heteroatoms. The predicted molar refractivity (Wildman–Crippen MR) is 139 cm³/mol. The van der Waals surface area contributed by atoms with Crippen LogP contribution < -0.4 is 14.8 Å². The number of amides is 1. The van der Waals surface area contributed by atoms with Gasteiger partial charge in [-0.3, -0.25) is 4.79 Å². The zero-order chi connectivity index (χ0) is 24.8. The minimum Gasteiger partial charge on any atom is -0.508 e. The van der Waals surface area contributed by atoms with Crippen LogP contribution in [-0.2, 0) is 11.4 Å². The number of halogens is 1. The summed E-state index contributed by atoms with van der Waals surface area (Å²) in [5.74, 6) is 0.506. The second-order valence-electron chi connectivity index (χ2n) is 7.67. The average molecular weight is 529 g/mol. The van der Waals surface area contributed by atoms with Crippen molar-refractivity contribution in [3.05, 3.63) is 100 Å². The SMILES string of the molecule is COc1cc(/C=C(\C#N)C(=O)Nc2ccc(O)cc2)c(Br)cc1OCc1ccc2ccccc2c1. The number of nitrogens with one attached hydrogen (secondary N) is 1. The number of nitriles is 1. The van der Waals surface area contributed by atoms with E-state index < -0.39 is 5.91 Å². The molecule has 0 radical (unpaired) electrons. The van der Waals surface area contributed by atoms with E-state index in [2.05, 4.69) is 45.5 Å². The quantitative estimate of drug-likeness (QED) is 0.163. The van der Waals surface area contributed by atoms with Gasteiger partial charge in [-0.1, -0.05) is 52.3 Å². The predicted octanol–water partition coefficient (Wildman–Crippen LogP) is 6.44. The summed E-state index contributed by atoms with van der Waals surface area (Å²) in [7, 11) is 1.53. The second-order valence-corrected chi connectivity index (χ2v) is 8.52. The lowest BCUT2D eigenvalue weighted by molar-refractivity contribution is -0.112. The first kappa shape index (κ1) is 23.9. The van der Waals surface area contributed by atoms with E-state index in [1.54, 1.807) is 24.3 Å².